The normalized spacial score (nSPS) is 18.3. The minimum absolute atomic E-state index is 0.0274. The minimum atomic E-state index is -4.49. The Morgan fingerprint density at radius 3 is 2.32 bits per heavy atom. The lowest BCUT2D eigenvalue weighted by Gasteiger charge is -2.40. The Bertz CT molecular complexity index is 1040. The van der Waals surface area contributed by atoms with E-state index in [1.807, 2.05) is 6.92 Å². The van der Waals surface area contributed by atoms with Gasteiger partial charge < -0.3 is 14.6 Å². The third-order valence-electron chi connectivity index (χ3n) is 5.11. The van der Waals surface area contributed by atoms with E-state index in [0.29, 0.717) is 18.2 Å². The van der Waals surface area contributed by atoms with Crippen LogP contribution in [0.4, 0.5) is 13.2 Å². The van der Waals surface area contributed by atoms with Crippen LogP contribution in [0.5, 0.6) is 11.6 Å². The van der Waals surface area contributed by atoms with Crippen LogP contribution in [0.3, 0.4) is 0 Å². The van der Waals surface area contributed by atoms with Gasteiger partial charge in [-0.2, -0.15) is 13.2 Å². The summed E-state index contributed by atoms with van der Waals surface area (Å²) in [5, 5.41) is 10.8. The predicted molar refractivity (Wildman–Crippen MR) is 109 cm³/mol. The quantitative estimate of drug-likeness (QED) is 0.649. The van der Waals surface area contributed by atoms with E-state index in [1.54, 1.807) is 45.9 Å². The zero-order valence-electron chi connectivity index (χ0n) is 17.9. The molecule has 0 fully saturated rings. The summed E-state index contributed by atoms with van der Waals surface area (Å²) < 4.78 is 49.6. The summed E-state index contributed by atoms with van der Waals surface area (Å²) in [5.41, 5.74) is -1.68. The van der Waals surface area contributed by atoms with Crippen molar-refractivity contribution in [1.82, 2.24) is 4.98 Å². The number of aromatic nitrogens is 1. The number of ether oxygens (including phenoxy) is 2. The van der Waals surface area contributed by atoms with E-state index in [1.165, 1.54) is 0 Å². The number of carbonyl (C=O) groups is 1. The Balaban J connectivity index is 2.04. The number of carbonyl (C=O) groups excluding carboxylic acids is 1. The van der Waals surface area contributed by atoms with E-state index in [0.717, 1.165) is 17.7 Å². The maximum atomic E-state index is 13.1. The fourth-order valence-electron chi connectivity index (χ4n) is 3.58. The van der Waals surface area contributed by atoms with Crippen molar-refractivity contribution < 1.29 is 32.5 Å². The highest BCUT2D eigenvalue weighted by molar-refractivity contribution is 6.26. The van der Waals surface area contributed by atoms with Crippen molar-refractivity contribution in [1.29, 1.82) is 0 Å². The molecule has 0 amide bonds. The molecular weight excluding hydrogens is 411 g/mol. The highest BCUT2D eigenvalue weighted by Gasteiger charge is 2.47. The molecule has 1 aliphatic rings. The summed E-state index contributed by atoms with van der Waals surface area (Å²) in [4.78, 5) is 16.8. The first kappa shape index (κ1) is 22.8. The molecule has 1 aliphatic heterocycles. The molecule has 2 aromatic rings. The number of nitrogens with zero attached hydrogens (tertiary/aromatic N) is 1. The van der Waals surface area contributed by atoms with Gasteiger partial charge in [0, 0.05) is 12.3 Å². The molecule has 0 bridgehead atoms. The first-order valence-electron chi connectivity index (χ1n) is 9.79. The van der Waals surface area contributed by atoms with Gasteiger partial charge in [0.2, 0.25) is 5.88 Å². The van der Waals surface area contributed by atoms with E-state index < -0.39 is 22.9 Å². The highest BCUT2D eigenvalue weighted by atomic mass is 19.4. The molecule has 8 heteroatoms. The number of rotatable bonds is 4. The van der Waals surface area contributed by atoms with E-state index in [-0.39, 0.29) is 28.7 Å². The molecule has 0 unspecified atom stereocenters. The second-order valence-corrected chi connectivity index (χ2v) is 8.33. The summed E-state index contributed by atoms with van der Waals surface area (Å²) in [7, 11) is 0. The second kappa shape index (κ2) is 7.67. The number of alkyl halides is 3. The number of hydrogen-bond donors (Lipinski definition) is 1. The molecule has 1 aromatic heterocycles. The molecule has 31 heavy (non-hydrogen) atoms. The van der Waals surface area contributed by atoms with Gasteiger partial charge >= 0.3 is 6.18 Å². The third-order valence-corrected chi connectivity index (χ3v) is 5.11. The number of Topliss-reactive ketones (excluding diaryl/α,β-unsaturated/α-hetero) is 1. The van der Waals surface area contributed by atoms with Gasteiger partial charge in [0.15, 0.2) is 5.78 Å². The molecule has 2 heterocycles. The topological polar surface area (TPSA) is 68.7 Å². The predicted octanol–water partition coefficient (Wildman–Crippen LogP) is 5.88. The zero-order valence-corrected chi connectivity index (χ0v) is 17.9. The van der Waals surface area contributed by atoms with Crippen molar-refractivity contribution in [2.45, 2.75) is 58.4 Å². The molecule has 1 aromatic carbocycles. The van der Waals surface area contributed by atoms with Crippen LogP contribution in [-0.2, 0) is 22.1 Å². The van der Waals surface area contributed by atoms with Gasteiger partial charge in [-0.05, 0) is 63.4 Å². The highest BCUT2D eigenvalue weighted by Crippen LogP contribution is 2.42. The van der Waals surface area contributed by atoms with Crippen molar-refractivity contribution in [2.75, 3.05) is 0 Å². The molecule has 0 aliphatic carbocycles. The smallest absolute Gasteiger partial charge is 0.417 e. The van der Waals surface area contributed by atoms with Gasteiger partial charge in [-0.25, -0.2) is 4.98 Å². The van der Waals surface area contributed by atoms with E-state index >= 15 is 0 Å². The van der Waals surface area contributed by atoms with Gasteiger partial charge in [-0.1, -0.05) is 13.0 Å². The van der Waals surface area contributed by atoms with Crippen LogP contribution in [0.1, 0.15) is 51.3 Å². The molecular formula is C23H24F3NO4. The lowest BCUT2D eigenvalue weighted by atomic mass is 9.81. The average Bonchev–Trinajstić information content (AvgIpc) is 2.66. The molecule has 3 rings (SSSR count). The summed E-state index contributed by atoms with van der Waals surface area (Å²) in [5.74, 6) is -0.310. The number of aliphatic hydroxyl groups excluding tert-OH is 1. The summed E-state index contributed by atoms with van der Waals surface area (Å²) in [6.45, 7) is 8.54. The second-order valence-electron chi connectivity index (χ2n) is 8.33. The Morgan fingerprint density at radius 2 is 1.77 bits per heavy atom. The van der Waals surface area contributed by atoms with Crippen LogP contribution < -0.4 is 4.74 Å². The fraction of sp³-hybridized carbons (Fsp3) is 0.391. The van der Waals surface area contributed by atoms with Crippen molar-refractivity contribution in [3.63, 3.8) is 0 Å². The van der Waals surface area contributed by atoms with Crippen LogP contribution in [0.2, 0.25) is 0 Å². The molecule has 166 valence electrons. The van der Waals surface area contributed by atoms with Gasteiger partial charge in [0.25, 0.3) is 0 Å². The fourth-order valence-corrected chi connectivity index (χ4v) is 3.58. The molecule has 0 spiro atoms. The largest absolute Gasteiger partial charge is 0.508 e. The Hall–Kier alpha value is -2.87. The average molecular weight is 435 g/mol. The molecule has 0 saturated carbocycles. The third kappa shape index (κ3) is 4.44. The summed E-state index contributed by atoms with van der Waals surface area (Å²) in [6, 6.07) is 6.97. The Labute approximate surface area is 178 Å². The standard InChI is InChI=1S/C23H24F3NO4/c1-6-13-7-9-15(30-17-10-8-14(12-27-17)23(24,25)26)11-16(13)18-19(28)21(2,3)31-22(4,5)20(18)29/h7-12,28H,6H2,1-5H3. The molecule has 0 radical (unpaired) electrons. The maximum absolute atomic E-state index is 13.1. The van der Waals surface area contributed by atoms with Crippen molar-refractivity contribution in [3.8, 4) is 11.6 Å². The molecule has 1 N–H and O–H groups in total. The molecule has 0 atom stereocenters. The number of aliphatic hydroxyl groups is 1. The van der Waals surface area contributed by atoms with Crippen molar-refractivity contribution >= 4 is 11.4 Å². The van der Waals surface area contributed by atoms with Crippen molar-refractivity contribution in [3.05, 3.63) is 59.0 Å². The van der Waals surface area contributed by atoms with Crippen LogP contribution >= 0.6 is 0 Å². The van der Waals surface area contributed by atoms with Crippen LogP contribution in [0.25, 0.3) is 5.57 Å². The Morgan fingerprint density at radius 1 is 1.10 bits per heavy atom. The van der Waals surface area contributed by atoms with Crippen molar-refractivity contribution in [2.24, 2.45) is 0 Å². The first-order chi connectivity index (χ1) is 14.3. The van der Waals surface area contributed by atoms with Crippen LogP contribution in [0, 0.1) is 0 Å². The number of halogens is 3. The van der Waals surface area contributed by atoms with Gasteiger partial charge in [-0.3, -0.25) is 4.79 Å². The lowest BCUT2D eigenvalue weighted by Crippen LogP contribution is -2.49. The Kier molecular flexibility index (Phi) is 5.65. The zero-order chi connectivity index (χ0) is 23.2. The molecule has 5 nitrogen and oxygen atoms in total. The molecule has 0 saturated heterocycles. The van der Waals surface area contributed by atoms with Gasteiger partial charge in [0.1, 0.15) is 22.7 Å². The maximum Gasteiger partial charge on any atom is 0.417 e. The number of pyridine rings is 1. The SMILES string of the molecule is CCc1ccc(Oc2ccc(C(F)(F)F)cn2)cc1C1=C(O)C(C)(C)OC(C)(C)C1=O. The summed E-state index contributed by atoms with van der Waals surface area (Å²) in [6.07, 6.45) is -3.22. The number of aryl methyl sites for hydroxylation is 1. The van der Waals surface area contributed by atoms with Crippen LogP contribution in [0.15, 0.2) is 42.3 Å². The first-order valence-corrected chi connectivity index (χ1v) is 9.79. The lowest BCUT2D eigenvalue weighted by molar-refractivity contribution is -0.158. The van der Waals surface area contributed by atoms with E-state index in [2.05, 4.69) is 4.98 Å². The van der Waals surface area contributed by atoms with Gasteiger partial charge in [-0.15, -0.1) is 0 Å². The number of ketones is 1. The minimum Gasteiger partial charge on any atom is -0.508 e. The van der Waals surface area contributed by atoms with E-state index in [4.69, 9.17) is 9.47 Å². The van der Waals surface area contributed by atoms with Crippen LogP contribution in [-0.4, -0.2) is 27.1 Å². The number of benzene rings is 1. The van der Waals surface area contributed by atoms with Gasteiger partial charge in [0.05, 0.1) is 11.1 Å². The monoisotopic (exact) mass is 435 g/mol. The summed E-state index contributed by atoms with van der Waals surface area (Å²) >= 11 is 0. The van der Waals surface area contributed by atoms with E-state index in [9.17, 15) is 23.1 Å². The number of hydrogen-bond acceptors (Lipinski definition) is 5.